The minimum atomic E-state index is -0.256. The highest BCUT2D eigenvalue weighted by atomic mass is 16.7. The van der Waals surface area contributed by atoms with Crippen LogP contribution in [0.5, 0.6) is 0 Å². The Morgan fingerprint density at radius 1 is 0.917 bits per heavy atom. The van der Waals surface area contributed by atoms with Crippen LogP contribution in [-0.4, -0.2) is 19.5 Å². The van der Waals surface area contributed by atoms with Crippen LogP contribution >= 0.6 is 0 Å². The van der Waals surface area contributed by atoms with E-state index in [0.717, 1.165) is 11.3 Å². The van der Waals surface area contributed by atoms with Crippen molar-refractivity contribution >= 4 is 11.8 Å². The summed E-state index contributed by atoms with van der Waals surface area (Å²) in [5.41, 5.74) is 3.46. The monoisotopic (exact) mass is 324 g/mol. The molecule has 2 aromatic carbocycles. The highest BCUT2D eigenvalue weighted by Gasteiger charge is 2.26. The van der Waals surface area contributed by atoms with Gasteiger partial charge in [-0.3, -0.25) is 0 Å². The molecule has 0 saturated carbocycles. The third-order valence-corrected chi connectivity index (χ3v) is 4.07. The van der Waals surface area contributed by atoms with Crippen molar-refractivity contribution in [2.45, 2.75) is 32.7 Å². The van der Waals surface area contributed by atoms with Gasteiger partial charge in [-0.1, -0.05) is 54.6 Å². The van der Waals surface area contributed by atoms with Gasteiger partial charge in [-0.15, -0.1) is 0 Å². The Kier molecular flexibility index (Phi) is 5.68. The molecule has 0 fully saturated rings. The van der Waals surface area contributed by atoms with Gasteiger partial charge in [0.05, 0.1) is 0 Å². The molecule has 0 radical (unpaired) electrons. The van der Waals surface area contributed by atoms with Crippen molar-refractivity contribution in [2.75, 3.05) is 13.2 Å². The van der Waals surface area contributed by atoms with Gasteiger partial charge in [-0.2, -0.15) is 0 Å². The van der Waals surface area contributed by atoms with Gasteiger partial charge in [0.1, 0.15) is 11.9 Å². The van der Waals surface area contributed by atoms with Gasteiger partial charge in [0, 0.05) is 25.2 Å². The third kappa shape index (κ3) is 3.86. The number of benzene rings is 2. The molecule has 0 aromatic heterocycles. The van der Waals surface area contributed by atoms with E-state index in [9.17, 15) is 0 Å². The molecule has 1 heterocycles. The van der Waals surface area contributed by atoms with Gasteiger partial charge in [0.2, 0.25) is 0 Å². The molecule has 1 unspecified atom stereocenters. The van der Waals surface area contributed by atoms with E-state index < -0.39 is 0 Å². The van der Waals surface area contributed by atoms with Gasteiger partial charge in [-0.25, -0.2) is 0 Å². The number of hydrogen-bond donors (Lipinski definition) is 0. The maximum atomic E-state index is 6.32. The summed E-state index contributed by atoms with van der Waals surface area (Å²) in [5, 5.41) is 0. The van der Waals surface area contributed by atoms with Crippen molar-refractivity contribution in [1.29, 1.82) is 0 Å². The zero-order chi connectivity index (χ0) is 16.8. The molecule has 126 valence electrons. The van der Waals surface area contributed by atoms with E-state index in [-0.39, 0.29) is 12.4 Å². The van der Waals surface area contributed by atoms with Crippen LogP contribution < -0.4 is 0 Å². The minimum absolute atomic E-state index is 0.0792. The van der Waals surface area contributed by atoms with Gasteiger partial charge in [0.15, 0.2) is 6.29 Å². The normalized spacial score (nSPS) is 16.5. The molecule has 2 aromatic rings. The lowest BCUT2D eigenvalue weighted by Gasteiger charge is -2.30. The van der Waals surface area contributed by atoms with E-state index in [4.69, 9.17) is 14.2 Å². The highest BCUT2D eigenvalue weighted by molar-refractivity contribution is 5.80. The Balaban J connectivity index is 1.88. The third-order valence-electron chi connectivity index (χ3n) is 4.07. The summed E-state index contributed by atoms with van der Waals surface area (Å²) in [7, 11) is 0. The second-order valence-corrected chi connectivity index (χ2v) is 5.69. The molecule has 0 N–H and O–H groups in total. The van der Waals surface area contributed by atoms with Gasteiger partial charge < -0.3 is 14.2 Å². The van der Waals surface area contributed by atoms with Gasteiger partial charge in [-0.05, 0) is 31.1 Å². The highest BCUT2D eigenvalue weighted by Crippen LogP contribution is 2.38. The minimum Gasteiger partial charge on any atom is -0.485 e. The molecule has 0 amide bonds. The fraction of sp³-hybridized carbons (Fsp3) is 0.333. The Labute approximate surface area is 143 Å². The topological polar surface area (TPSA) is 27.7 Å². The standard InChI is InChI=1S/C21H24O3/c1-3-22-21(23-4-2)15-20-18-13-9-8-12-17(18)14-19(24-20)16-10-6-5-7-11-16/h5-14,20-21H,3-4,15H2,1-2H3. The SMILES string of the molecule is CCOC(CC1OC(c2ccccc2)=Cc2ccccc21)OCC. The van der Waals surface area contributed by atoms with E-state index in [1.165, 1.54) is 11.1 Å². The second kappa shape index (κ2) is 8.13. The summed E-state index contributed by atoms with van der Waals surface area (Å²) >= 11 is 0. The van der Waals surface area contributed by atoms with Crippen LogP contribution in [-0.2, 0) is 14.2 Å². The summed E-state index contributed by atoms with van der Waals surface area (Å²) in [5.74, 6) is 0.894. The first kappa shape index (κ1) is 16.7. The Hall–Kier alpha value is -2.10. The molecule has 3 nitrogen and oxygen atoms in total. The first-order valence-electron chi connectivity index (χ1n) is 8.57. The van der Waals surface area contributed by atoms with Crippen LogP contribution in [0.15, 0.2) is 54.6 Å². The second-order valence-electron chi connectivity index (χ2n) is 5.69. The molecular weight excluding hydrogens is 300 g/mol. The molecule has 24 heavy (non-hydrogen) atoms. The summed E-state index contributed by atoms with van der Waals surface area (Å²) in [4.78, 5) is 0. The van der Waals surface area contributed by atoms with Crippen molar-refractivity contribution < 1.29 is 14.2 Å². The zero-order valence-corrected chi connectivity index (χ0v) is 14.3. The number of rotatable bonds is 7. The Bertz CT molecular complexity index is 672. The quantitative estimate of drug-likeness (QED) is 0.667. The fourth-order valence-corrected chi connectivity index (χ4v) is 2.99. The summed E-state index contributed by atoms with van der Waals surface area (Å²) in [6.45, 7) is 5.22. The van der Waals surface area contributed by atoms with Crippen LogP contribution in [0.1, 0.15) is 43.1 Å². The average Bonchev–Trinajstić information content (AvgIpc) is 2.63. The molecule has 1 aliphatic heterocycles. The van der Waals surface area contributed by atoms with E-state index in [0.29, 0.717) is 19.6 Å². The number of fused-ring (bicyclic) bond motifs is 1. The van der Waals surface area contributed by atoms with Crippen molar-refractivity contribution in [3.8, 4) is 0 Å². The van der Waals surface area contributed by atoms with Crippen molar-refractivity contribution in [3.05, 3.63) is 71.3 Å². The number of hydrogen-bond acceptors (Lipinski definition) is 3. The molecule has 0 aliphatic carbocycles. The molecule has 3 heteroatoms. The van der Waals surface area contributed by atoms with Crippen LogP contribution in [0.25, 0.3) is 11.8 Å². The molecule has 0 saturated heterocycles. The smallest absolute Gasteiger partial charge is 0.161 e. The summed E-state index contributed by atoms with van der Waals surface area (Å²) in [6, 6.07) is 18.6. The first-order chi connectivity index (χ1) is 11.8. The van der Waals surface area contributed by atoms with Crippen LogP contribution in [0.4, 0.5) is 0 Å². The Morgan fingerprint density at radius 3 is 2.29 bits per heavy atom. The summed E-state index contributed by atoms with van der Waals surface area (Å²) < 4.78 is 17.8. The molecule has 1 aliphatic rings. The molecule has 0 bridgehead atoms. The van der Waals surface area contributed by atoms with E-state index in [2.05, 4.69) is 36.4 Å². The predicted octanol–water partition coefficient (Wildman–Crippen LogP) is 5.05. The fourth-order valence-electron chi connectivity index (χ4n) is 2.99. The molecular formula is C21H24O3. The first-order valence-corrected chi connectivity index (χ1v) is 8.57. The zero-order valence-electron chi connectivity index (χ0n) is 14.3. The van der Waals surface area contributed by atoms with Gasteiger partial charge in [0.25, 0.3) is 0 Å². The molecule has 1 atom stereocenters. The maximum Gasteiger partial charge on any atom is 0.161 e. The maximum absolute atomic E-state index is 6.32. The van der Waals surface area contributed by atoms with Gasteiger partial charge >= 0.3 is 0 Å². The summed E-state index contributed by atoms with van der Waals surface area (Å²) in [6.07, 6.45) is 2.44. The molecule has 3 rings (SSSR count). The van der Waals surface area contributed by atoms with Crippen LogP contribution in [0.3, 0.4) is 0 Å². The van der Waals surface area contributed by atoms with Crippen molar-refractivity contribution in [2.24, 2.45) is 0 Å². The van der Waals surface area contributed by atoms with Crippen LogP contribution in [0.2, 0.25) is 0 Å². The van der Waals surface area contributed by atoms with E-state index in [1.807, 2.05) is 38.1 Å². The predicted molar refractivity (Wildman–Crippen MR) is 96.2 cm³/mol. The van der Waals surface area contributed by atoms with Crippen molar-refractivity contribution in [3.63, 3.8) is 0 Å². The number of ether oxygens (including phenoxy) is 3. The lowest BCUT2D eigenvalue weighted by molar-refractivity contribution is -0.152. The van der Waals surface area contributed by atoms with E-state index >= 15 is 0 Å². The lowest BCUT2D eigenvalue weighted by Crippen LogP contribution is -2.23. The van der Waals surface area contributed by atoms with E-state index in [1.54, 1.807) is 0 Å². The Morgan fingerprint density at radius 2 is 1.58 bits per heavy atom. The average molecular weight is 324 g/mol. The largest absolute Gasteiger partial charge is 0.485 e. The van der Waals surface area contributed by atoms with Crippen LogP contribution in [0, 0.1) is 0 Å². The lowest BCUT2D eigenvalue weighted by atomic mass is 9.95. The van der Waals surface area contributed by atoms with Crippen molar-refractivity contribution in [1.82, 2.24) is 0 Å². The molecule has 0 spiro atoms.